The van der Waals surface area contributed by atoms with E-state index in [4.69, 9.17) is 4.74 Å². The zero-order chi connectivity index (χ0) is 22.4. The van der Waals surface area contributed by atoms with Gasteiger partial charge in [0.25, 0.3) is 5.69 Å². The smallest absolute Gasteiger partial charge is 0.269 e. The molecule has 2 atom stereocenters. The van der Waals surface area contributed by atoms with Crippen molar-refractivity contribution < 1.29 is 14.5 Å². The summed E-state index contributed by atoms with van der Waals surface area (Å²) in [4.78, 5) is 27.0. The number of aryl methyl sites for hydroxylation is 1. The lowest BCUT2D eigenvalue weighted by Crippen LogP contribution is -2.38. The van der Waals surface area contributed by atoms with Crippen molar-refractivity contribution in [3.63, 3.8) is 0 Å². The minimum absolute atomic E-state index is 0.0643. The quantitative estimate of drug-likeness (QED) is 0.453. The summed E-state index contributed by atoms with van der Waals surface area (Å²) in [7, 11) is 1.65. The van der Waals surface area contributed by atoms with Gasteiger partial charge in [0, 0.05) is 64.8 Å². The summed E-state index contributed by atoms with van der Waals surface area (Å²) in [5.41, 5.74) is 3.75. The number of nitrogens with zero attached hydrogens (tertiary/aromatic N) is 3. The predicted octanol–water partition coefficient (Wildman–Crippen LogP) is 3.61. The van der Waals surface area contributed by atoms with E-state index in [1.165, 1.54) is 11.1 Å². The third-order valence-corrected chi connectivity index (χ3v) is 6.12. The van der Waals surface area contributed by atoms with Crippen LogP contribution in [0.25, 0.3) is 0 Å². The number of benzene rings is 2. The van der Waals surface area contributed by atoms with Crippen LogP contribution in [0, 0.1) is 23.0 Å². The van der Waals surface area contributed by atoms with E-state index >= 15 is 0 Å². The molecule has 0 spiro atoms. The summed E-state index contributed by atoms with van der Waals surface area (Å²) in [6.07, 6.45) is 0. The molecule has 0 aromatic heterocycles. The molecule has 1 aliphatic rings. The first kappa shape index (κ1) is 22.9. The fraction of sp³-hybridized carbons (Fsp3) is 0.458. The first-order valence-corrected chi connectivity index (χ1v) is 10.6. The molecule has 2 aromatic carbocycles. The van der Waals surface area contributed by atoms with Gasteiger partial charge in [-0.3, -0.25) is 19.8 Å². The molecule has 0 saturated carbocycles. The Labute approximate surface area is 183 Å². The normalized spacial score (nSPS) is 18.8. The monoisotopic (exact) mass is 425 g/mol. The van der Waals surface area contributed by atoms with Gasteiger partial charge in [-0.1, -0.05) is 36.4 Å². The summed E-state index contributed by atoms with van der Waals surface area (Å²) in [5, 5.41) is 10.9. The van der Waals surface area contributed by atoms with Crippen molar-refractivity contribution in [3.05, 3.63) is 75.3 Å². The molecular formula is C24H31N3O4. The fourth-order valence-electron chi connectivity index (χ4n) is 4.47. The first-order chi connectivity index (χ1) is 14.9. The molecular weight excluding hydrogens is 394 g/mol. The molecule has 0 radical (unpaired) electrons. The molecule has 1 fully saturated rings. The average molecular weight is 426 g/mol. The SMILES string of the molecule is COCCN(C[C@H]1CN(Cc2ccc([N+](=O)[O-])cc2)C[C@H]1c1ccccc1C)C(C)=O. The summed E-state index contributed by atoms with van der Waals surface area (Å²) in [6, 6.07) is 15.2. The maximum absolute atomic E-state index is 12.2. The lowest BCUT2D eigenvalue weighted by molar-refractivity contribution is -0.384. The van der Waals surface area contributed by atoms with Gasteiger partial charge in [-0.25, -0.2) is 0 Å². The number of methoxy groups -OCH3 is 1. The Morgan fingerprint density at radius 2 is 1.90 bits per heavy atom. The number of ether oxygens (including phenoxy) is 1. The number of carbonyl (C=O) groups excluding carboxylic acids is 1. The van der Waals surface area contributed by atoms with Gasteiger partial charge in [0.05, 0.1) is 11.5 Å². The molecule has 2 aromatic rings. The van der Waals surface area contributed by atoms with Crippen LogP contribution in [0.1, 0.15) is 29.5 Å². The second-order valence-corrected chi connectivity index (χ2v) is 8.30. The summed E-state index contributed by atoms with van der Waals surface area (Å²) >= 11 is 0. The van der Waals surface area contributed by atoms with Crippen LogP contribution in [0.2, 0.25) is 0 Å². The summed E-state index contributed by atoms with van der Waals surface area (Å²) < 4.78 is 5.19. The summed E-state index contributed by atoms with van der Waals surface area (Å²) in [5.74, 6) is 0.693. The Balaban J connectivity index is 1.78. The largest absolute Gasteiger partial charge is 0.383 e. The Bertz CT molecular complexity index is 900. The topological polar surface area (TPSA) is 75.9 Å². The molecule has 0 bridgehead atoms. The Morgan fingerprint density at radius 3 is 2.52 bits per heavy atom. The summed E-state index contributed by atoms with van der Waals surface area (Å²) in [6.45, 7) is 8.04. The molecule has 7 nitrogen and oxygen atoms in total. The average Bonchev–Trinajstić information content (AvgIpc) is 3.13. The Morgan fingerprint density at radius 1 is 1.19 bits per heavy atom. The molecule has 166 valence electrons. The number of carbonyl (C=O) groups is 1. The van der Waals surface area contributed by atoms with Crippen molar-refractivity contribution >= 4 is 11.6 Å². The molecule has 7 heteroatoms. The van der Waals surface area contributed by atoms with Crippen LogP contribution in [0.15, 0.2) is 48.5 Å². The van der Waals surface area contributed by atoms with E-state index in [1.807, 2.05) is 17.0 Å². The molecule has 0 aliphatic carbocycles. The zero-order valence-electron chi connectivity index (χ0n) is 18.5. The molecule has 1 heterocycles. The molecule has 0 unspecified atom stereocenters. The standard InChI is InChI=1S/C24H31N3O4/c1-18-6-4-5-7-23(18)24-17-25(14-20-8-10-22(11-9-20)27(29)30)15-21(24)16-26(19(2)28)12-13-31-3/h4-11,21,24H,12-17H2,1-3H3/t21-,24-/m1/s1. The number of rotatable bonds is 9. The number of nitro groups is 1. The second-order valence-electron chi connectivity index (χ2n) is 8.30. The second kappa shape index (κ2) is 10.5. The third kappa shape index (κ3) is 5.89. The van der Waals surface area contributed by atoms with Crippen LogP contribution in [0.4, 0.5) is 5.69 Å². The van der Waals surface area contributed by atoms with Gasteiger partial charge < -0.3 is 9.64 Å². The van der Waals surface area contributed by atoms with Crippen LogP contribution in [0.3, 0.4) is 0 Å². The highest BCUT2D eigenvalue weighted by Gasteiger charge is 2.36. The molecule has 0 N–H and O–H groups in total. The van der Waals surface area contributed by atoms with Gasteiger partial charge in [-0.15, -0.1) is 0 Å². The van der Waals surface area contributed by atoms with E-state index in [-0.39, 0.29) is 16.5 Å². The number of nitro benzene ring substituents is 1. The minimum Gasteiger partial charge on any atom is -0.383 e. The van der Waals surface area contributed by atoms with Gasteiger partial charge in [-0.2, -0.15) is 0 Å². The van der Waals surface area contributed by atoms with Gasteiger partial charge in [0.2, 0.25) is 5.91 Å². The predicted molar refractivity (Wildman–Crippen MR) is 120 cm³/mol. The number of hydrogen-bond acceptors (Lipinski definition) is 5. The van der Waals surface area contributed by atoms with Gasteiger partial charge in [0.15, 0.2) is 0 Å². The highest BCUT2D eigenvalue weighted by Crippen LogP contribution is 2.35. The van der Waals surface area contributed by atoms with Crippen LogP contribution in [-0.4, -0.2) is 60.5 Å². The third-order valence-electron chi connectivity index (χ3n) is 6.12. The van der Waals surface area contributed by atoms with Crippen molar-refractivity contribution in [2.45, 2.75) is 26.3 Å². The minimum atomic E-state index is -0.375. The highest BCUT2D eigenvalue weighted by atomic mass is 16.6. The maximum Gasteiger partial charge on any atom is 0.269 e. The number of amides is 1. The van der Waals surface area contributed by atoms with Gasteiger partial charge in [0.1, 0.15) is 0 Å². The van der Waals surface area contributed by atoms with E-state index < -0.39 is 0 Å². The van der Waals surface area contributed by atoms with E-state index in [0.29, 0.717) is 31.5 Å². The van der Waals surface area contributed by atoms with Gasteiger partial charge in [-0.05, 0) is 29.5 Å². The highest BCUT2D eigenvalue weighted by molar-refractivity contribution is 5.73. The number of hydrogen-bond donors (Lipinski definition) is 0. The number of non-ortho nitro benzene ring substituents is 1. The lowest BCUT2D eigenvalue weighted by atomic mass is 9.86. The molecule has 1 saturated heterocycles. The Hall–Kier alpha value is -2.77. The van der Waals surface area contributed by atoms with E-state index in [0.717, 1.165) is 25.2 Å². The van der Waals surface area contributed by atoms with Crippen LogP contribution in [-0.2, 0) is 16.1 Å². The van der Waals surface area contributed by atoms with Crippen molar-refractivity contribution in [2.24, 2.45) is 5.92 Å². The van der Waals surface area contributed by atoms with Crippen molar-refractivity contribution in [2.75, 3.05) is 39.9 Å². The van der Waals surface area contributed by atoms with E-state index in [2.05, 4.69) is 36.1 Å². The molecule has 3 rings (SSSR count). The van der Waals surface area contributed by atoms with E-state index in [9.17, 15) is 14.9 Å². The zero-order valence-corrected chi connectivity index (χ0v) is 18.5. The van der Waals surface area contributed by atoms with Crippen LogP contribution < -0.4 is 0 Å². The first-order valence-electron chi connectivity index (χ1n) is 10.6. The van der Waals surface area contributed by atoms with Crippen LogP contribution in [0.5, 0.6) is 0 Å². The van der Waals surface area contributed by atoms with E-state index in [1.54, 1.807) is 26.2 Å². The van der Waals surface area contributed by atoms with Crippen molar-refractivity contribution in [1.82, 2.24) is 9.80 Å². The number of likely N-dealkylation sites (tertiary alicyclic amines) is 1. The van der Waals surface area contributed by atoms with Gasteiger partial charge >= 0.3 is 0 Å². The maximum atomic E-state index is 12.2. The van der Waals surface area contributed by atoms with Crippen molar-refractivity contribution in [1.29, 1.82) is 0 Å². The lowest BCUT2D eigenvalue weighted by Gasteiger charge is -2.28. The van der Waals surface area contributed by atoms with Crippen molar-refractivity contribution in [3.8, 4) is 0 Å². The molecule has 31 heavy (non-hydrogen) atoms. The fourth-order valence-corrected chi connectivity index (χ4v) is 4.47. The molecule has 1 amide bonds. The van der Waals surface area contributed by atoms with Crippen LogP contribution >= 0.6 is 0 Å². The Kier molecular flexibility index (Phi) is 7.76. The molecule has 1 aliphatic heterocycles.